The molecule has 5 aliphatic heterocycles. The van der Waals surface area contributed by atoms with E-state index in [4.69, 9.17) is 47.4 Å². The smallest absolute Gasteiger partial charge is 0.222 e. The van der Waals surface area contributed by atoms with Gasteiger partial charge in [0, 0.05) is 151 Å². The van der Waals surface area contributed by atoms with Gasteiger partial charge in [0.2, 0.25) is 70.9 Å². The molecule has 0 aromatic heterocycles. The van der Waals surface area contributed by atoms with Gasteiger partial charge in [-0.3, -0.25) is 57.5 Å². The molecule has 44 heteroatoms. The van der Waals surface area contributed by atoms with Crippen LogP contribution in [-0.2, 0) is 105 Å². The summed E-state index contributed by atoms with van der Waals surface area (Å²) in [5.41, 5.74) is 0. The van der Waals surface area contributed by atoms with Crippen molar-refractivity contribution < 1.29 is 156 Å². The van der Waals surface area contributed by atoms with E-state index in [2.05, 4.69) is 58.5 Å². The van der Waals surface area contributed by atoms with Crippen molar-refractivity contribution in [2.45, 2.75) is 330 Å². The number of likely N-dealkylation sites (tertiary alicyclic amines) is 1. The number of nitrogens with one attached hydrogen (secondary N) is 11. The second-order valence-electron chi connectivity index (χ2n) is 31.9. The molecule has 5 rings (SSSR count). The van der Waals surface area contributed by atoms with E-state index in [0.29, 0.717) is 96.4 Å². The summed E-state index contributed by atoms with van der Waals surface area (Å²) in [6.45, 7) is 5.59. The van der Waals surface area contributed by atoms with E-state index in [1.54, 1.807) is 4.90 Å². The predicted molar refractivity (Wildman–Crippen MR) is 439 cm³/mol. The molecule has 22 atom stereocenters. The van der Waals surface area contributed by atoms with Crippen molar-refractivity contribution in [1.82, 2.24) is 63.4 Å². The fraction of sp³-hybridized carbons (Fsp3) is 0.852. The molecular formula is C81H142N12O32. The highest BCUT2D eigenvalue weighted by Gasteiger charge is 2.51. The highest BCUT2D eigenvalue weighted by molar-refractivity contribution is 5.80. The lowest BCUT2D eigenvalue weighted by Gasteiger charge is -2.46. The zero-order valence-electron chi connectivity index (χ0n) is 72.8. The third-order valence-electron chi connectivity index (χ3n) is 21.6. The molecule has 0 aromatic rings. The number of carbonyl (C=O) groups is 12. The average molecular weight is 1800 g/mol. The van der Waals surface area contributed by atoms with Crippen LogP contribution in [0.1, 0.15) is 195 Å². The van der Waals surface area contributed by atoms with Crippen molar-refractivity contribution in [1.29, 1.82) is 0 Å². The molecule has 12 amide bonds. The minimum atomic E-state index is -1.48. The van der Waals surface area contributed by atoms with Gasteiger partial charge in [0.15, 0.2) is 25.1 Å². The van der Waals surface area contributed by atoms with E-state index >= 15 is 0 Å². The van der Waals surface area contributed by atoms with Crippen molar-refractivity contribution in [2.24, 2.45) is 0 Å². The molecule has 0 radical (unpaired) electrons. The van der Waals surface area contributed by atoms with Gasteiger partial charge in [-0.15, -0.1) is 0 Å². The van der Waals surface area contributed by atoms with Gasteiger partial charge in [-0.05, 0) is 83.5 Å². The Bertz CT molecular complexity index is 3240. The lowest BCUT2D eigenvalue weighted by Crippen LogP contribution is -2.69. The summed E-state index contributed by atoms with van der Waals surface area (Å²) in [4.78, 5) is 156. The Kier molecular flexibility index (Phi) is 52.5. The summed E-state index contributed by atoms with van der Waals surface area (Å²) in [6.07, 6.45) is -12.4. The van der Waals surface area contributed by atoms with E-state index in [9.17, 15) is 109 Å². The van der Waals surface area contributed by atoms with E-state index in [-0.39, 0.29) is 160 Å². The third kappa shape index (κ3) is 40.6. The van der Waals surface area contributed by atoms with Gasteiger partial charge in [0.1, 0.15) is 97.4 Å². The highest BCUT2D eigenvalue weighted by atomic mass is 16.7. The van der Waals surface area contributed by atoms with Crippen molar-refractivity contribution in [3.05, 3.63) is 0 Å². The number of nitrogens with zero attached hydrogens (tertiary/aromatic N) is 1. The third-order valence-corrected chi connectivity index (χ3v) is 21.6. The number of aliphatic hydroxyl groups excluding tert-OH is 10. The van der Waals surface area contributed by atoms with E-state index < -0.39 is 196 Å². The molecule has 21 N–H and O–H groups in total. The molecule has 5 saturated heterocycles. The van der Waals surface area contributed by atoms with Crippen molar-refractivity contribution >= 4 is 70.9 Å². The minimum Gasteiger partial charge on any atom is -0.394 e. The summed E-state index contributed by atoms with van der Waals surface area (Å²) < 4.78 is 59.6. The summed E-state index contributed by atoms with van der Waals surface area (Å²) in [6, 6.07) is -4.51. The fourth-order valence-electron chi connectivity index (χ4n) is 14.9. The van der Waals surface area contributed by atoms with Crippen LogP contribution in [0.5, 0.6) is 0 Å². The predicted octanol–water partition coefficient (Wildman–Crippen LogP) is -5.96. The largest absolute Gasteiger partial charge is 0.394 e. The lowest BCUT2D eigenvalue weighted by molar-refractivity contribution is -0.270. The number of hydrogen-bond acceptors (Lipinski definition) is 32. The number of amides is 12. The summed E-state index contributed by atoms with van der Waals surface area (Å²) in [5, 5.41) is 131. The normalized spacial score (nSPS) is 27.8. The highest BCUT2D eigenvalue weighted by Crippen LogP contribution is 2.30. The van der Waals surface area contributed by atoms with Crippen LogP contribution in [0.2, 0.25) is 0 Å². The molecule has 44 nitrogen and oxygen atoms in total. The van der Waals surface area contributed by atoms with Crippen LogP contribution >= 0.6 is 0 Å². The second-order valence-corrected chi connectivity index (χ2v) is 31.9. The maximum atomic E-state index is 14.0. The molecule has 125 heavy (non-hydrogen) atoms. The Morgan fingerprint density at radius 2 is 0.664 bits per heavy atom. The van der Waals surface area contributed by atoms with Crippen molar-refractivity contribution in [3.63, 3.8) is 0 Å². The average Bonchev–Trinajstić information content (AvgIpc) is 1.48. The topological polar surface area (TPSA) is 635 Å². The van der Waals surface area contributed by atoms with Gasteiger partial charge >= 0.3 is 0 Å². The van der Waals surface area contributed by atoms with E-state index in [1.165, 1.54) is 27.7 Å². The molecule has 0 aromatic carbocycles. The number of ether oxygens (including phenoxy) is 10. The van der Waals surface area contributed by atoms with E-state index in [0.717, 1.165) is 25.7 Å². The maximum Gasteiger partial charge on any atom is 0.222 e. The van der Waals surface area contributed by atoms with Crippen LogP contribution in [-0.4, -0.2) is 373 Å². The Hall–Kier alpha value is -7.16. The van der Waals surface area contributed by atoms with Gasteiger partial charge in [-0.2, -0.15) is 0 Å². The monoisotopic (exact) mass is 1790 g/mol. The van der Waals surface area contributed by atoms with Crippen LogP contribution < -0.4 is 58.5 Å². The Labute approximate surface area is 729 Å². The number of aliphatic hydroxyl groups is 10. The molecule has 5 heterocycles. The maximum absolute atomic E-state index is 14.0. The Morgan fingerprint density at radius 1 is 0.336 bits per heavy atom. The molecule has 5 fully saturated rings. The van der Waals surface area contributed by atoms with Gasteiger partial charge < -0.3 is 162 Å². The molecular weight excluding hydrogens is 1650 g/mol. The number of unbranched alkanes of at least 4 members (excludes halogenated alkanes) is 8. The van der Waals surface area contributed by atoms with Crippen LogP contribution in [0.25, 0.3) is 0 Å². The van der Waals surface area contributed by atoms with Gasteiger partial charge in [-0.25, -0.2) is 0 Å². The summed E-state index contributed by atoms with van der Waals surface area (Å²) in [7, 11) is 0. The first-order valence-corrected chi connectivity index (χ1v) is 44.0. The van der Waals surface area contributed by atoms with Crippen LogP contribution in [0.4, 0.5) is 0 Å². The van der Waals surface area contributed by atoms with Crippen LogP contribution in [0.3, 0.4) is 0 Å². The zero-order valence-corrected chi connectivity index (χ0v) is 72.8. The lowest BCUT2D eigenvalue weighted by atomic mass is 9.94. The number of hydrogen-bond donors (Lipinski definition) is 21. The first-order chi connectivity index (χ1) is 59.9. The van der Waals surface area contributed by atoms with E-state index in [1.807, 2.05) is 6.92 Å². The molecule has 0 bridgehead atoms. The fourth-order valence-corrected chi connectivity index (χ4v) is 14.9. The summed E-state index contributed by atoms with van der Waals surface area (Å²) in [5.74, 6) is -4.66. The van der Waals surface area contributed by atoms with Crippen molar-refractivity contribution in [2.75, 3.05) is 112 Å². The molecule has 5 aliphatic rings. The minimum absolute atomic E-state index is 0.0263. The second kappa shape index (κ2) is 60.6. The molecule has 0 aliphatic carbocycles. The molecule has 0 spiro atoms. The van der Waals surface area contributed by atoms with Gasteiger partial charge in [0.05, 0.1) is 52.4 Å². The SMILES string of the molecule is CC[C@@H]1C[C@@H](O)CN1C(=O)CCCCCCCCC(=O)N[C@@H]1O[C@H](COCCC(=O)NCCCNC(=O)CCCCO[C@@H]2O[C@H](CO)[C@H](O)[C@H](O)[C@H]2NC(C)=O)[C@@H](OCCC(=O)NCCCNC(=O)CCCCO[C@@H]2O[C@H](CO)[C@H](O)[C@H](O)[C@H]2NC(C)=O)[C@H](OCCC(=O)NCCCNC(=O)CCCCO[C@@H]2O[C@H](CO)[C@H](O)[C@H](O)[C@H]2NC(C)=O)[C@H]1NC(C)=O. The first kappa shape index (κ1) is 108. The number of carbonyl (C=O) groups excluding carboxylic acids is 12. The summed E-state index contributed by atoms with van der Waals surface area (Å²) >= 11 is 0. The number of rotatable bonds is 61. The number of β-amino-alcohol motifs (C(OH)–C–C–N with tert-alkyl or cyclic N) is 1. The van der Waals surface area contributed by atoms with Gasteiger partial charge in [0.25, 0.3) is 0 Å². The van der Waals surface area contributed by atoms with Crippen molar-refractivity contribution in [3.8, 4) is 0 Å². The molecule has 0 unspecified atom stereocenters. The molecule has 0 saturated carbocycles. The molecule has 718 valence electrons. The zero-order chi connectivity index (χ0) is 91.8. The van der Waals surface area contributed by atoms with Crippen LogP contribution in [0.15, 0.2) is 0 Å². The van der Waals surface area contributed by atoms with Gasteiger partial charge in [-0.1, -0.05) is 32.6 Å². The Balaban J connectivity index is 1.18. The quantitative estimate of drug-likeness (QED) is 0.0252. The standard InChI is InChI=1S/C81H142N12O32/c1-6-52-42-53(101)43-93(52)65(109)26-12-10-8-7-9-11-25-64(108)92-78-69(91-51(5)100)77(118-41-29-63(107)87-35-21-32-84-60(104)24-15-18-38-121-81-68(90-50(4)99)75(115)72(112)56(46-96)125-81)76(117-40-28-62(106)86-34-20-31-83-59(103)23-14-17-37-120-80-67(89-49(3)98)74(114)71(111)55(45-95)124-80)57(122-78)47-116-39-27-61(105)85-33-19-30-82-58(102)22-13-16-36-119-79-66(88-48(2)97)73(113)70(110)54(44-94)123-79/h52-57,66-81,94-96,101,110-115H,6-47H2,1-5H3,(H,82,102)(H,83,103)(H,84,104)(H,85,105)(H,86,106)(H,87,107)(H,88,97)(H,89,98)(H,90,99)(H,91,100)(H,92,108)/t52-,53-,54-,55-,56-,57-,66-,67-,68-,69-,70+,71+,72+,73-,74-,75-,76-,77-,78-,79-,80-,81-/m1/s1. The Morgan fingerprint density at radius 3 is 1.03 bits per heavy atom. The first-order valence-electron chi connectivity index (χ1n) is 44.0. The van der Waals surface area contributed by atoms with Crippen LogP contribution in [0, 0.1) is 0 Å².